The molecule has 2 aromatic carbocycles. The van der Waals surface area contributed by atoms with E-state index in [0.29, 0.717) is 16.5 Å². The van der Waals surface area contributed by atoms with E-state index in [1.54, 1.807) is 18.2 Å². The zero-order valence-electron chi connectivity index (χ0n) is 15.3. The second kappa shape index (κ2) is 8.55. The van der Waals surface area contributed by atoms with Crippen LogP contribution in [0.15, 0.2) is 81.0 Å². The van der Waals surface area contributed by atoms with Gasteiger partial charge in [0, 0.05) is 10.7 Å². The Bertz CT molecular complexity index is 1110. The van der Waals surface area contributed by atoms with Gasteiger partial charge in [-0.1, -0.05) is 48.0 Å². The van der Waals surface area contributed by atoms with Crippen LogP contribution in [0, 0.1) is 6.92 Å². The number of aromatic nitrogens is 2. The van der Waals surface area contributed by atoms with Gasteiger partial charge in [0.05, 0.1) is 6.26 Å². The van der Waals surface area contributed by atoms with E-state index in [2.05, 4.69) is 15.5 Å². The highest BCUT2D eigenvalue weighted by atomic mass is 35.5. The lowest BCUT2D eigenvalue weighted by atomic mass is 10.1. The van der Waals surface area contributed by atoms with E-state index in [4.69, 9.17) is 20.4 Å². The van der Waals surface area contributed by atoms with Gasteiger partial charge in [-0.05, 0) is 54.1 Å². The molecule has 6 nitrogen and oxygen atoms in total. The molecule has 0 aliphatic rings. The summed E-state index contributed by atoms with van der Waals surface area (Å²) in [6.45, 7) is 1.91. The number of carbonyl (C=O) groups excluding carboxylic acids is 1. The van der Waals surface area contributed by atoms with Crippen LogP contribution in [0.5, 0.6) is 0 Å². The Morgan fingerprint density at radius 3 is 2.66 bits per heavy atom. The summed E-state index contributed by atoms with van der Waals surface area (Å²) in [4.78, 5) is 13.1. The summed E-state index contributed by atoms with van der Waals surface area (Å²) in [5.41, 5.74) is 2.37. The molecule has 2 aromatic heterocycles. The third-order valence-electron chi connectivity index (χ3n) is 4.14. The van der Waals surface area contributed by atoms with Gasteiger partial charge in [-0.25, -0.2) is 0 Å². The molecule has 4 rings (SSSR count). The number of rotatable bonds is 6. The highest BCUT2D eigenvalue weighted by molar-refractivity contribution is 8.00. The van der Waals surface area contributed by atoms with Gasteiger partial charge in [-0.3, -0.25) is 4.79 Å². The minimum atomic E-state index is -0.596. The van der Waals surface area contributed by atoms with E-state index in [9.17, 15) is 4.79 Å². The van der Waals surface area contributed by atoms with E-state index in [1.165, 1.54) is 18.0 Å². The smallest absolute Gasteiger partial charge is 0.284 e. The largest absolute Gasteiger partial charge is 0.459 e. The number of amides is 1. The maximum atomic E-state index is 13.1. The second-order valence-corrected chi connectivity index (χ2v) is 7.68. The van der Waals surface area contributed by atoms with Crippen molar-refractivity contribution in [3.63, 3.8) is 0 Å². The number of anilines is 1. The molecule has 1 N–H and O–H groups in total. The van der Waals surface area contributed by atoms with E-state index in [0.717, 1.165) is 11.1 Å². The minimum absolute atomic E-state index is 0.223. The zero-order chi connectivity index (χ0) is 20.2. The van der Waals surface area contributed by atoms with E-state index in [1.807, 2.05) is 49.4 Å². The quantitative estimate of drug-likeness (QED) is 0.395. The Balaban J connectivity index is 1.58. The zero-order valence-corrected chi connectivity index (χ0v) is 16.9. The maximum Gasteiger partial charge on any atom is 0.284 e. The third-order valence-corrected chi connectivity index (χ3v) is 5.63. The van der Waals surface area contributed by atoms with Crippen molar-refractivity contribution in [1.29, 1.82) is 0 Å². The molecule has 0 unspecified atom stereocenters. The Morgan fingerprint density at radius 1 is 1.10 bits per heavy atom. The first-order valence-corrected chi connectivity index (χ1v) is 10.0. The van der Waals surface area contributed by atoms with Gasteiger partial charge in [0.15, 0.2) is 5.76 Å². The van der Waals surface area contributed by atoms with Crippen molar-refractivity contribution in [2.24, 2.45) is 0 Å². The van der Waals surface area contributed by atoms with Crippen molar-refractivity contribution in [2.75, 3.05) is 5.32 Å². The van der Waals surface area contributed by atoms with Gasteiger partial charge in [-0.2, -0.15) is 0 Å². The summed E-state index contributed by atoms with van der Waals surface area (Å²) in [6, 6.07) is 18.3. The molecular formula is C21H16ClN3O3S. The molecular weight excluding hydrogens is 410 g/mol. The number of hydrogen-bond donors (Lipinski definition) is 1. The molecule has 0 saturated carbocycles. The summed E-state index contributed by atoms with van der Waals surface area (Å²) in [5.74, 6) is 0.508. The first kappa shape index (κ1) is 19.3. The lowest BCUT2D eigenvalue weighted by Gasteiger charge is -2.15. The van der Waals surface area contributed by atoms with Crippen LogP contribution in [0.3, 0.4) is 0 Å². The van der Waals surface area contributed by atoms with Gasteiger partial charge < -0.3 is 14.2 Å². The van der Waals surface area contributed by atoms with Crippen LogP contribution in [-0.4, -0.2) is 16.1 Å². The summed E-state index contributed by atoms with van der Waals surface area (Å²) >= 11 is 7.34. The number of thioether (sulfide) groups is 1. The number of carbonyl (C=O) groups is 1. The average molecular weight is 426 g/mol. The summed E-state index contributed by atoms with van der Waals surface area (Å²) in [6.07, 6.45) is 1.53. The topological polar surface area (TPSA) is 81.2 Å². The van der Waals surface area contributed by atoms with Crippen molar-refractivity contribution in [3.05, 3.63) is 83.1 Å². The normalized spacial score (nSPS) is 11.9. The highest BCUT2D eigenvalue weighted by Crippen LogP contribution is 2.37. The Labute approximate surface area is 176 Å². The molecule has 0 aliphatic heterocycles. The van der Waals surface area contributed by atoms with Crippen LogP contribution in [0.4, 0.5) is 5.69 Å². The number of halogens is 1. The highest BCUT2D eigenvalue weighted by Gasteiger charge is 2.25. The van der Waals surface area contributed by atoms with Crippen LogP contribution in [0.25, 0.3) is 11.7 Å². The van der Waals surface area contributed by atoms with Crippen LogP contribution < -0.4 is 5.32 Å². The average Bonchev–Trinajstić information content (AvgIpc) is 3.41. The number of furan rings is 1. The maximum absolute atomic E-state index is 13.1. The standard InChI is InChI=1S/C21H16ClN3O3S/c1-13-9-10-15(12-16(13)22)23-19(26)18(14-6-3-2-4-7-14)29-21-25-24-20(28-21)17-8-5-11-27-17/h2-12,18H,1H3,(H,23,26)/t18-/m0/s1. The first-order valence-electron chi connectivity index (χ1n) is 8.76. The lowest BCUT2D eigenvalue weighted by Crippen LogP contribution is -2.19. The van der Waals surface area contributed by atoms with Gasteiger partial charge in [0.1, 0.15) is 5.25 Å². The van der Waals surface area contributed by atoms with E-state index >= 15 is 0 Å². The van der Waals surface area contributed by atoms with Gasteiger partial charge >= 0.3 is 0 Å². The predicted molar refractivity (Wildman–Crippen MR) is 112 cm³/mol. The fourth-order valence-corrected chi connectivity index (χ4v) is 3.69. The lowest BCUT2D eigenvalue weighted by molar-refractivity contribution is -0.115. The molecule has 0 radical (unpaired) electrons. The van der Waals surface area contributed by atoms with Crippen molar-refractivity contribution < 1.29 is 13.6 Å². The summed E-state index contributed by atoms with van der Waals surface area (Å²) in [5, 5.41) is 11.2. The second-order valence-electron chi connectivity index (χ2n) is 6.21. The summed E-state index contributed by atoms with van der Waals surface area (Å²) < 4.78 is 10.9. The number of nitrogens with one attached hydrogen (secondary N) is 1. The molecule has 1 atom stereocenters. The first-order chi connectivity index (χ1) is 14.1. The monoisotopic (exact) mass is 425 g/mol. The van der Waals surface area contributed by atoms with Crippen LogP contribution in [-0.2, 0) is 4.79 Å². The third kappa shape index (κ3) is 4.52. The Morgan fingerprint density at radius 2 is 1.93 bits per heavy atom. The van der Waals surface area contributed by atoms with Crippen molar-refractivity contribution >= 4 is 35.0 Å². The molecule has 0 saturated heterocycles. The number of hydrogen-bond acceptors (Lipinski definition) is 6. The molecule has 4 aromatic rings. The minimum Gasteiger partial charge on any atom is -0.459 e. The van der Waals surface area contributed by atoms with Crippen molar-refractivity contribution in [3.8, 4) is 11.7 Å². The molecule has 0 spiro atoms. The van der Waals surface area contributed by atoms with Crippen molar-refractivity contribution in [2.45, 2.75) is 17.4 Å². The molecule has 146 valence electrons. The molecule has 1 amide bonds. The van der Waals surface area contributed by atoms with E-state index in [-0.39, 0.29) is 17.0 Å². The Hall–Kier alpha value is -3.03. The van der Waals surface area contributed by atoms with Crippen LogP contribution in [0.1, 0.15) is 16.4 Å². The number of benzene rings is 2. The molecule has 0 aliphatic carbocycles. The predicted octanol–water partition coefficient (Wildman–Crippen LogP) is 5.76. The molecule has 0 fully saturated rings. The van der Waals surface area contributed by atoms with Crippen LogP contribution >= 0.6 is 23.4 Å². The fraction of sp³-hybridized carbons (Fsp3) is 0.0952. The SMILES string of the molecule is Cc1ccc(NC(=O)[C@@H](Sc2nnc(-c3ccco3)o2)c2ccccc2)cc1Cl. The Kier molecular flexibility index (Phi) is 5.69. The van der Waals surface area contributed by atoms with Gasteiger partial charge in [0.2, 0.25) is 5.91 Å². The number of aryl methyl sites for hydroxylation is 1. The van der Waals surface area contributed by atoms with Crippen LogP contribution in [0.2, 0.25) is 5.02 Å². The molecule has 29 heavy (non-hydrogen) atoms. The van der Waals surface area contributed by atoms with Crippen molar-refractivity contribution in [1.82, 2.24) is 10.2 Å². The van der Waals surface area contributed by atoms with E-state index < -0.39 is 5.25 Å². The fourth-order valence-electron chi connectivity index (χ4n) is 2.64. The number of nitrogens with zero attached hydrogens (tertiary/aromatic N) is 2. The summed E-state index contributed by atoms with van der Waals surface area (Å²) in [7, 11) is 0. The van der Waals surface area contributed by atoms with Gasteiger partial charge in [-0.15, -0.1) is 10.2 Å². The molecule has 0 bridgehead atoms. The molecule has 2 heterocycles. The molecule has 8 heteroatoms. The van der Waals surface area contributed by atoms with Gasteiger partial charge in [0.25, 0.3) is 11.1 Å².